The highest BCUT2D eigenvalue weighted by molar-refractivity contribution is 7.89. The highest BCUT2D eigenvalue weighted by Crippen LogP contribution is 2.33. The second-order valence-electron chi connectivity index (χ2n) is 7.74. The number of carbonyl (C=O) groups excluding carboxylic acids is 1. The summed E-state index contributed by atoms with van der Waals surface area (Å²) in [5, 5.41) is 5.27. The van der Waals surface area contributed by atoms with E-state index in [4.69, 9.17) is 9.88 Å². The molecule has 1 aliphatic rings. The van der Waals surface area contributed by atoms with Crippen LogP contribution in [-0.4, -0.2) is 42.1 Å². The maximum Gasteiger partial charge on any atom is 0.240 e. The van der Waals surface area contributed by atoms with Gasteiger partial charge in [-0.1, -0.05) is 12.1 Å². The Balaban J connectivity index is 1.52. The molecule has 1 aliphatic heterocycles. The first-order chi connectivity index (χ1) is 16.8. The van der Waals surface area contributed by atoms with E-state index in [0.29, 0.717) is 17.1 Å². The number of hydrogen-bond donors (Lipinski definition) is 1. The Labute approximate surface area is 199 Å². The molecule has 3 heterocycles. The number of methoxy groups -OCH3 is 1. The van der Waals surface area contributed by atoms with Crippen LogP contribution in [0.15, 0.2) is 77.1 Å². The van der Waals surface area contributed by atoms with E-state index in [1.165, 1.54) is 36.9 Å². The summed E-state index contributed by atoms with van der Waals surface area (Å²) in [7, 11) is -2.52. The molecule has 0 fully saturated rings. The van der Waals surface area contributed by atoms with Crippen molar-refractivity contribution in [3.05, 3.63) is 90.0 Å². The number of pyridine rings is 1. The Bertz CT molecular complexity index is 1600. The van der Waals surface area contributed by atoms with Gasteiger partial charge in [0.1, 0.15) is 40.2 Å². The lowest BCUT2D eigenvalue weighted by Gasteiger charge is -2.19. The summed E-state index contributed by atoms with van der Waals surface area (Å²) >= 11 is 0. The van der Waals surface area contributed by atoms with E-state index in [2.05, 4.69) is 15.0 Å². The third-order valence-corrected chi connectivity index (χ3v) is 6.61. The predicted octanol–water partition coefficient (Wildman–Crippen LogP) is 3.09. The Morgan fingerprint density at radius 3 is 2.57 bits per heavy atom. The van der Waals surface area contributed by atoms with Crippen LogP contribution in [0.1, 0.15) is 27.8 Å². The number of fused-ring (bicyclic) bond motifs is 1. The first-order valence-corrected chi connectivity index (χ1v) is 11.9. The standard InChI is InChI=1S/C24H18FN5O4S/c1-34-16-5-3-15(4-6-16)30-13-29-20-11-28-22(24(31)23(20)30)18-7-2-14(10-19(18)25)17-8-9-27-12-21(17)35(26,32)33/h2-13,22H,1H3,(H2,26,32,33). The fourth-order valence-electron chi connectivity index (χ4n) is 3.97. The molecule has 0 aliphatic carbocycles. The number of nitrogens with two attached hydrogens (primary N) is 1. The lowest BCUT2D eigenvalue weighted by atomic mass is 9.95. The second kappa shape index (κ2) is 8.53. The average Bonchev–Trinajstić information content (AvgIpc) is 3.29. The fraction of sp³-hybridized carbons (Fsp3) is 0.0833. The zero-order valence-corrected chi connectivity index (χ0v) is 19.1. The Morgan fingerprint density at radius 1 is 1.11 bits per heavy atom. The normalized spacial score (nSPS) is 15.2. The van der Waals surface area contributed by atoms with Crippen molar-refractivity contribution in [2.45, 2.75) is 10.9 Å². The fourth-order valence-corrected chi connectivity index (χ4v) is 4.67. The van der Waals surface area contributed by atoms with E-state index in [1.54, 1.807) is 35.9 Å². The molecule has 176 valence electrons. The average molecular weight is 492 g/mol. The minimum atomic E-state index is -4.08. The second-order valence-corrected chi connectivity index (χ2v) is 9.27. The van der Waals surface area contributed by atoms with Crippen LogP contribution in [0.4, 0.5) is 4.39 Å². The molecule has 11 heteroatoms. The zero-order chi connectivity index (χ0) is 24.7. The van der Waals surface area contributed by atoms with E-state index >= 15 is 4.39 Å². The van der Waals surface area contributed by atoms with E-state index in [1.807, 2.05) is 0 Å². The molecule has 0 amide bonds. The maximum atomic E-state index is 15.3. The number of imidazole rings is 1. The Morgan fingerprint density at radius 2 is 1.89 bits per heavy atom. The van der Waals surface area contributed by atoms with Crippen LogP contribution in [0.5, 0.6) is 5.75 Å². The van der Waals surface area contributed by atoms with Crippen molar-refractivity contribution >= 4 is 22.0 Å². The lowest BCUT2D eigenvalue weighted by molar-refractivity contribution is 0.0952. The molecule has 9 nitrogen and oxygen atoms in total. The van der Waals surface area contributed by atoms with Gasteiger partial charge in [-0.3, -0.25) is 19.3 Å². The van der Waals surface area contributed by atoms with Gasteiger partial charge in [0.2, 0.25) is 15.8 Å². The van der Waals surface area contributed by atoms with Crippen LogP contribution < -0.4 is 9.88 Å². The predicted molar refractivity (Wildman–Crippen MR) is 126 cm³/mol. The Kier molecular flexibility index (Phi) is 5.50. The zero-order valence-electron chi connectivity index (χ0n) is 18.3. The molecule has 1 atom stereocenters. The van der Waals surface area contributed by atoms with E-state index < -0.39 is 27.7 Å². The molecule has 2 aromatic carbocycles. The van der Waals surface area contributed by atoms with Crippen molar-refractivity contribution in [3.8, 4) is 22.6 Å². The van der Waals surface area contributed by atoms with Crippen molar-refractivity contribution < 1.29 is 22.3 Å². The number of nitrogens with zero attached hydrogens (tertiary/aromatic N) is 4. The van der Waals surface area contributed by atoms with Crippen LogP contribution in [0.3, 0.4) is 0 Å². The van der Waals surface area contributed by atoms with E-state index in [0.717, 1.165) is 12.3 Å². The lowest BCUT2D eigenvalue weighted by Crippen LogP contribution is -2.21. The summed E-state index contributed by atoms with van der Waals surface area (Å²) in [6, 6.07) is 11.5. The van der Waals surface area contributed by atoms with Crippen LogP contribution >= 0.6 is 0 Å². The number of sulfonamides is 1. The first-order valence-electron chi connectivity index (χ1n) is 10.3. The highest BCUT2D eigenvalue weighted by atomic mass is 32.2. The van der Waals surface area contributed by atoms with Gasteiger partial charge in [0.15, 0.2) is 0 Å². The molecule has 0 saturated heterocycles. The van der Waals surface area contributed by atoms with Crippen LogP contribution in [0, 0.1) is 5.82 Å². The number of primary sulfonamides is 1. The number of Topliss-reactive ketones (excluding diaryl/α,β-unsaturated/α-hetero) is 1. The van der Waals surface area contributed by atoms with Crippen molar-refractivity contribution in [2.75, 3.05) is 7.11 Å². The van der Waals surface area contributed by atoms with Gasteiger partial charge in [0.05, 0.1) is 13.3 Å². The van der Waals surface area contributed by atoms with E-state index in [-0.39, 0.29) is 27.3 Å². The number of hydrogen-bond acceptors (Lipinski definition) is 7. The molecular formula is C24H18FN5O4S. The number of rotatable bonds is 5. The highest BCUT2D eigenvalue weighted by Gasteiger charge is 2.32. The SMILES string of the molecule is COc1ccc(-n2cnc3c2C(=O)C(c2ccc(-c4ccncc4S(N)(=O)=O)cc2F)N=C3)cc1. The van der Waals surface area contributed by atoms with Gasteiger partial charge in [-0.25, -0.2) is 22.9 Å². The minimum Gasteiger partial charge on any atom is -0.497 e. The largest absolute Gasteiger partial charge is 0.497 e. The molecule has 1 unspecified atom stereocenters. The molecule has 0 bridgehead atoms. The number of aliphatic imine (C=N–C) groups is 1. The van der Waals surface area contributed by atoms with Crippen LogP contribution in [-0.2, 0) is 10.0 Å². The molecule has 2 N–H and O–H groups in total. The van der Waals surface area contributed by atoms with Crippen molar-refractivity contribution in [1.82, 2.24) is 14.5 Å². The summed E-state index contributed by atoms with van der Waals surface area (Å²) in [4.78, 5) is 25.5. The topological polar surface area (TPSA) is 130 Å². The summed E-state index contributed by atoms with van der Waals surface area (Å²) in [5.41, 5.74) is 1.87. The van der Waals surface area contributed by atoms with Gasteiger partial charge in [-0.15, -0.1) is 0 Å². The monoisotopic (exact) mass is 491 g/mol. The van der Waals surface area contributed by atoms with Crippen molar-refractivity contribution in [1.29, 1.82) is 0 Å². The number of benzene rings is 2. The number of aromatic nitrogens is 3. The van der Waals surface area contributed by atoms with Gasteiger partial charge in [0.25, 0.3) is 0 Å². The quantitative estimate of drug-likeness (QED) is 0.457. The molecule has 0 radical (unpaired) electrons. The van der Waals surface area contributed by atoms with Gasteiger partial charge < -0.3 is 4.74 Å². The smallest absolute Gasteiger partial charge is 0.240 e. The summed E-state index contributed by atoms with van der Waals surface area (Å²) < 4.78 is 45.9. The summed E-state index contributed by atoms with van der Waals surface area (Å²) in [6.45, 7) is 0. The first kappa shape index (κ1) is 22.6. The van der Waals surface area contributed by atoms with Crippen LogP contribution in [0.2, 0.25) is 0 Å². The van der Waals surface area contributed by atoms with E-state index in [9.17, 15) is 13.2 Å². The van der Waals surface area contributed by atoms with Gasteiger partial charge in [-0.2, -0.15) is 0 Å². The van der Waals surface area contributed by atoms with Crippen molar-refractivity contribution in [3.63, 3.8) is 0 Å². The minimum absolute atomic E-state index is 0.0503. The summed E-state index contributed by atoms with van der Waals surface area (Å²) in [6.07, 6.45) is 5.44. The maximum absolute atomic E-state index is 15.3. The molecule has 0 saturated carbocycles. The molecule has 0 spiro atoms. The molecular weight excluding hydrogens is 473 g/mol. The van der Waals surface area contributed by atoms with Gasteiger partial charge in [-0.05, 0) is 42.0 Å². The number of halogens is 1. The summed E-state index contributed by atoms with van der Waals surface area (Å²) in [5.74, 6) is -0.471. The number of carbonyl (C=O) groups is 1. The van der Waals surface area contributed by atoms with Crippen molar-refractivity contribution in [2.24, 2.45) is 10.1 Å². The molecule has 5 rings (SSSR count). The van der Waals surface area contributed by atoms with Gasteiger partial charge in [0, 0.05) is 29.2 Å². The van der Waals surface area contributed by atoms with Crippen LogP contribution in [0.25, 0.3) is 16.8 Å². The third-order valence-electron chi connectivity index (χ3n) is 5.67. The molecule has 35 heavy (non-hydrogen) atoms. The Hall–Kier alpha value is -4.22. The number of ketones is 1. The molecule has 4 aromatic rings. The molecule has 2 aromatic heterocycles. The number of ether oxygens (including phenoxy) is 1. The third kappa shape index (κ3) is 4.00. The van der Waals surface area contributed by atoms with Gasteiger partial charge >= 0.3 is 0 Å².